The number of fused-ring (bicyclic) bond motifs is 1. The first-order valence-electron chi connectivity index (χ1n) is 10.6. The van der Waals surface area contributed by atoms with Gasteiger partial charge in [0.1, 0.15) is 6.04 Å². The Balaban J connectivity index is 1.70. The molecule has 1 N–H and O–H groups in total. The zero-order valence-electron chi connectivity index (χ0n) is 19.0. The largest absolute Gasteiger partial charge is 0.454 e. The summed E-state index contributed by atoms with van der Waals surface area (Å²) in [7, 11) is -2.06. The average Bonchev–Trinajstić information content (AvgIpc) is 3.27. The third kappa shape index (κ3) is 6.16. The van der Waals surface area contributed by atoms with Gasteiger partial charge in [0.05, 0.1) is 11.9 Å². The van der Waals surface area contributed by atoms with Crippen LogP contribution in [0.1, 0.15) is 25.3 Å². The maximum atomic E-state index is 13.1. The van der Waals surface area contributed by atoms with E-state index in [0.717, 1.165) is 11.8 Å². The molecule has 1 unspecified atom stereocenters. The molecule has 0 bridgehead atoms. The number of nitrogens with one attached hydrogen (secondary N) is 1. The van der Waals surface area contributed by atoms with Crippen LogP contribution in [0.5, 0.6) is 11.5 Å². The molecule has 10 heteroatoms. The van der Waals surface area contributed by atoms with Crippen molar-refractivity contribution in [2.24, 2.45) is 0 Å². The summed E-state index contributed by atoms with van der Waals surface area (Å²) in [5, 5.41) is 2.58. The summed E-state index contributed by atoms with van der Waals surface area (Å²) in [6, 6.07) is 13.7. The predicted molar refractivity (Wildman–Crippen MR) is 125 cm³/mol. The lowest BCUT2D eigenvalue weighted by Gasteiger charge is -2.29. The Morgan fingerprint density at radius 3 is 2.45 bits per heavy atom. The van der Waals surface area contributed by atoms with E-state index in [1.807, 2.05) is 30.3 Å². The van der Waals surface area contributed by atoms with Gasteiger partial charge in [-0.2, -0.15) is 0 Å². The molecular formula is C23H29N3O6S. The van der Waals surface area contributed by atoms with Gasteiger partial charge in [-0.15, -0.1) is 0 Å². The van der Waals surface area contributed by atoms with Crippen molar-refractivity contribution in [1.82, 2.24) is 10.2 Å². The van der Waals surface area contributed by atoms with Gasteiger partial charge in [0.25, 0.3) is 0 Å². The Bertz CT molecular complexity index is 1090. The summed E-state index contributed by atoms with van der Waals surface area (Å²) in [5.74, 6) is 0.541. The molecule has 0 saturated carbocycles. The summed E-state index contributed by atoms with van der Waals surface area (Å²) in [4.78, 5) is 26.8. The number of likely N-dealkylation sites (N-methyl/N-ethyl adjacent to an activating group) is 1. The number of carbonyl (C=O) groups excluding carboxylic acids is 2. The summed E-state index contributed by atoms with van der Waals surface area (Å²) in [6.45, 7) is 2.16. The highest BCUT2D eigenvalue weighted by Gasteiger charge is 2.26. The number of rotatable bonds is 10. The Morgan fingerprint density at radius 1 is 1.09 bits per heavy atom. The SMILES string of the molecule is CNC(=O)C(C)N(Cc1ccccc1)C(=O)CCCN(c1ccc2c(c1)OCO2)S(C)(=O)=O. The van der Waals surface area contributed by atoms with Gasteiger partial charge in [-0.3, -0.25) is 13.9 Å². The van der Waals surface area contributed by atoms with Crippen LogP contribution in [0, 0.1) is 0 Å². The Kier molecular flexibility index (Phi) is 7.80. The van der Waals surface area contributed by atoms with Crippen molar-refractivity contribution in [3.05, 3.63) is 54.1 Å². The normalized spacial score (nSPS) is 13.3. The molecule has 0 fully saturated rings. The highest BCUT2D eigenvalue weighted by Crippen LogP contribution is 2.36. The fraction of sp³-hybridized carbons (Fsp3) is 0.391. The second-order valence-corrected chi connectivity index (χ2v) is 9.68. The number of nitrogens with zero attached hydrogens (tertiary/aromatic N) is 2. The van der Waals surface area contributed by atoms with Crippen LogP contribution in [-0.4, -0.2) is 57.8 Å². The van der Waals surface area contributed by atoms with Crippen LogP contribution < -0.4 is 19.1 Å². The number of hydrogen-bond donors (Lipinski definition) is 1. The molecule has 0 radical (unpaired) electrons. The number of benzene rings is 2. The van der Waals surface area contributed by atoms with Crippen molar-refractivity contribution in [2.45, 2.75) is 32.4 Å². The molecule has 9 nitrogen and oxygen atoms in total. The van der Waals surface area contributed by atoms with Crippen LogP contribution in [0.4, 0.5) is 5.69 Å². The van der Waals surface area contributed by atoms with Crippen molar-refractivity contribution in [3.8, 4) is 11.5 Å². The fourth-order valence-electron chi connectivity index (χ4n) is 3.62. The molecule has 0 aliphatic carbocycles. The quantitative estimate of drug-likeness (QED) is 0.564. The van der Waals surface area contributed by atoms with Crippen molar-refractivity contribution in [3.63, 3.8) is 0 Å². The molecule has 3 rings (SSSR count). The van der Waals surface area contributed by atoms with Gasteiger partial charge >= 0.3 is 0 Å². The van der Waals surface area contributed by atoms with E-state index in [1.165, 1.54) is 16.3 Å². The van der Waals surface area contributed by atoms with Crippen LogP contribution >= 0.6 is 0 Å². The van der Waals surface area contributed by atoms with E-state index < -0.39 is 16.1 Å². The van der Waals surface area contributed by atoms with Crippen molar-refractivity contribution in [1.29, 1.82) is 0 Å². The maximum absolute atomic E-state index is 13.1. The molecule has 2 amide bonds. The number of sulfonamides is 1. The van der Waals surface area contributed by atoms with Gasteiger partial charge in [0.15, 0.2) is 11.5 Å². The van der Waals surface area contributed by atoms with Crippen molar-refractivity contribution in [2.75, 3.05) is 30.9 Å². The van der Waals surface area contributed by atoms with E-state index in [9.17, 15) is 18.0 Å². The van der Waals surface area contributed by atoms with Gasteiger partial charge in [-0.1, -0.05) is 30.3 Å². The summed E-state index contributed by atoms with van der Waals surface area (Å²) >= 11 is 0. The lowest BCUT2D eigenvalue weighted by molar-refractivity contribution is -0.140. The monoisotopic (exact) mass is 475 g/mol. The molecule has 1 aliphatic heterocycles. The van der Waals surface area contributed by atoms with E-state index in [1.54, 1.807) is 25.1 Å². The molecule has 33 heavy (non-hydrogen) atoms. The smallest absolute Gasteiger partial charge is 0.242 e. The number of carbonyl (C=O) groups is 2. The molecular weight excluding hydrogens is 446 g/mol. The molecule has 2 aromatic carbocycles. The summed E-state index contributed by atoms with van der Waals surface area (Å²) in [6.07, 6.45) is 1.49. The van der Waals surface area contributed by atoms with Gasteiger partial charge in [-0.05, 0) is 31.0 Å². The number of amides is 2. The number of anilines is 1. The topological polar surface area (TPSA) is 105 Å². The standard InChI is InChI=1S/C23H29N3O6S/c1-17(23(28)24-2)25(15-18-8-5-4-6-9-18)22(27)10-7-13-26(33(3,29)30)19-11-12-20-21(14-19)32-16-31-20/h4-6,8-9,11-12,14,17H,7,10,13,15-16H2,1-3H3,(H,24,28). The zero-order chi connectivity index (χ0) is 24.0. The maximum Gasteiger partial charge on any atom is 0.242 e. The molecule has 1 aliphatic rings. The average molecular weight is 476 g/mol. The van der Waals surface area contributed by atoms with Crippen LogP contribution in [0.3, 0.4) is 0 Å². The van der Waals surface area contributed by atoms with Crippen molar-refractivity contribution >= 4 is 27.5 Å². The summed E-state index contributed by atoms with van der Waals surface area (Å²) in [5.41, 5.74) is 1.34. The van der Waals surface area contributed by atoms with Crippen LogP contribution in [-0.2, 0) is 26.2 Å². The van der Waals surface area contributed by atoms with Gasteiger partial charge in [-0.25, -0.2) is 8.42 Å². The predicted octanol–water partition coefficient (Wildman–Crippen LogP) is 2.12. The summed E-state index contributed by atoms with van der Waals surface area (Å²) < 4.78 is 36.7. The second-order valence-electron chi connectivity index (χ2n) is 7.77. The van der Waals surface area contributed by atoms with Crippen LogP contribution in [0.15, 0.2) is 48.5 Å². The lowest BCUT2D eigenvalue weighted by atomic mass is 10.1. The molecule has 0 aromatic heterocycles. The zero-order valence-corrected chi connectivity index (χ0v) is 19.8. The van der Waals surface area contributed by atoms with E-state index >= 15 is 0 Å². The third-order valence-corrected chi connectivity index (χ3v) is 6.60. The second kappa shape index (κ2) is 10.6. The molecule has 178 valence electrons. The number of ether oxygens (including phenoxy) is 2. The van der Waals surface area contributed by atoms with E-state index in [4.69, 9.17) is 9.47 Å². The first-order valence-corrected chi connectivity index (χ1v) is 12.5. The molecule has 2 aromatic rings. The fourth-order valence-corrected chi connectivity index (χ4v) is 4.57. The lowest BCUT2D eigenvalue weighted by Crippen LogP contribution is -2.46. The third-order valence-electron chi connectivity index (χ3n) is 5.41. The Labute approximate surface area is 194 Å². The Hall–Kier alpha value is -3.27. The first-order chi connectivity index (χ1) is 15.7. The van der Waals surface area contributed by atoms with E-state index in [0.29, 0.717) is 17.2 Å². The van der Waals surface area contributed by atoms with E-state index in [-0.39, 0.29) is 44.5 Å². The number of hydrogen-bond acceptors (Lipinski definition) is 6. The minimum absolute atomic E-state index is 0.0880. The minimum Gasteiger partial charge on any atom is -0.454 e. The molecule has 1 heterocycles. The first kappa shape index (κ1) is 24.4. The highest BCUT2D eigenvalue weighted by atomic mass is 32.2. The highest BCUT2D eigenvalue weighted by molar-refractivity contribution is 7.92. The van der Waals surface area contributed by atoms with Gasteiger partial charge < -0.3 is 19.7 Å². The minimum atomic E-state index is -3.59. The Morgan fingerprint density at radius 2 is 1.79 bits per heavy atom. The molecule has 0 saturated heterocycles. The van der Waals surface area contributed by atoms with Crippen molar-refractivity contribution < 1.29 is 27.5 Å². The molecule has 1 atom stereocenters. The van der Waals surface area contributed by atoms with Crippen LogP contribution in [0.25, 0.3) is 0 Å². The van der Waals surface area contributed by atoms with Crippen LogP contribution in [0.2, 0.25) is 0 Å². The van der Waals surface area contributed by atoms with Gasteiger partial charge in [0, 0.05) is 32.6 Å². The molecule has 0 spiro atoms. The van der Waals surface area contributed by atoms with Gasteiger partial charge in [0.2, 0.25) is 28.6 Å². The van der Waals surface area contributed by atoms with E-state index in [2.05, 4.69) is 5.32 Å².